The highest BCUT2D eigenvalue weighted by molar-refractivity contribution is 7.11. The smallest absolute Gasteiger partial charge is 0.109 e. The maximum atomic E-state index is 4.79. The number of nitrogens with one attached hydrogen (secondary N) is 1. The van der Waals surface area contributed by atoms with Gasteiger partial charge in [0, 0.05) is 11.5 Å². The molecule has 0 saturated heterocycles. The van der Waals surface area contributed by atoms with Gasteiger partial charge in [-0.3, -0.25) is 0 Å². The summed E-state index contributed by atoms with van der Waals surface area (Å²) >= 11 is 1.77. The van der Waals surface area contributed by atoms with Crippen LogP contribution in [0, 0.1) is 12.8 Å². The zero-order valence-electron chi connectivity index (χ0n) is 12.0. The van der Waals surface area contributed by atoms with E-state index in [9.17, 15) is 0 Å². The van der Waals surface area contributed by atoms with Crippen molar-refractivity contribution < 1.29 is 0 Å². The molecular formula is C17H18N2S. The molecule has 2 nitrogen and oxygen atoms in total. The summed E-state index contributed by atoms with van der Waals surface area (Å²) in [6.45, 7) is 6.48. The molecule has 1 aliphatic rings. The lowest BCUT2D eigenvalue weighted by atomic mass is 10.1. The molecule has 1 aromatic heterocycles. The zero-order valence-corrected chi connectivity index (χ0v) is 12.8. The number of nitrogens with zero attached hydrogens (tertiary/aromatic N) is 1. The fraction of sp³-hybridized carbons (Fsp3) is 0.235. The number of rotatable bonds is 2. The van der Waals surface area contributed by atoms with E-state index >= 15 is 0 Å². The third-order valence-electron chi connectivity index (χ3n) is 3.39. The second kappa shape index (κ2) is 5.25. The van der Waals surface area contributed by atoms with Gasteiger partial charge in [0.05, 0.1) is 16.3 Å². The molecule has 0 unspecified atom stereocenters. The Morgan fingerprint density at radius 1 is 1.15 bits per heavy atom. The Hall–Kier alpha value is -1.87. The lowest BCUT2D eigenvalue weighted by Gasteiger charge is -2.14. The van der Waals surface area contributed by atoms with Gasteiger partial charge in [-0.2, -0.15) is 0 Å². The van der Waals surface area contributed by atoms with Gasteiger partial charge in [-0.15, -0.1) is 11.3 Å². The minimum atomic E-state index is 0.366. The Bertz CT molecular complexity index is 693. The third kappa shape index (κ3) is 2.41. The van der Waals surface area contributed by atoms with Gasteiger partial charge in [0.2, 0.25) is 0 Å². The normalized spacial score (nSPS) is 14.2. The van der Waals surface area contributed by atoms with Crippen molar-refractivity contribution in [3.8, 4) is 0 Å². The second-order valence-corrected chi connectivity index (χ2v) is 6.24. The molecule has 20 heavy (non-hydrogen) atoms. The van der Waals surface area contributed by atoms with E-state index in [1.807, 2.05) is 6.07 Å². The molecule has 0 saturated carbocycles. The fourth-order valence-electron chi connectivity index (χ4n) is 2.24. The van der Waals surface area contributed by atoms with Gasteiger partial charge in [-0.1, -0.05) is 32.0 Å². The van der Waals surface area contributed by atoms with Crippen LogP contribution in [0.25, 0.3) is 11.8 Å². The Balaban J connectivity index is 2.16. The topological polar surface area (TPSA) is 24.4 Å². The van der Waals surface area contributed by atoms with E-state index in [0.29, 0.717) is 5.92 Å². The molecular weight excluding hydrogens is 264 g/mol. The zero-order chi connectivity index (χ0) is 14.1. The van der Waals surface area contributed by atoms with Crippen LogP contribution in [0.1, 0.15) is 29.9 Å². The van der Waals surface area contributed by atoms with Crippen LogP contribution >= 0.6 is 11.3 Å². The molecule has 2 aromatic rings. The minimum absolute atomic E-state index is 0.366. The lowest BCUT2D eigenvalue weighted by molar-refractivity contribution is 0.853. The van der Waals surface area contributed by atoms with Crippen LogP contribution in [-0.2, 0) is 0 Å². The minimum Gasteiger partial charge on any atom is -0.342 e. The molecule has 0 radical (unpaired) electrons. The first-order chi connectivity index (χ1) is 9.65. The quantitative estimate of drug-likeness (QED) is 0.837. The molecule has 3 rings (SSSR count). The van der Waals surface area contributed by atoms with E-state index in [1.165, 1.54) is 16.0 Å². The molecule has 0 bridgehead atoms. The van der Waals surface area contributed by atoms with Crippen molar-refractivity contribution in [2.45, 2.75) is 20.8 Å². The predicted octanol–water partition coefficient (Wildman–Crippen LogP) is 4.84. The van der Waals surface area contributed by atoms with E-state index in [1.54, 1.807) is 11.3 Å². The number of para-hydroxylation sites is 1. The highest BCUT2D eigenvalue weighted by Crippen LogP contribution is 2.31. The molecule has 1 N–H and O–H groups in total. The third-order valence-corrected chi connectivity index (χ3v) is 4.44. The number of aryl methyl sites for hydroxylation is 1. The summed E-state index contributed by atoms with van der Waals surface area (Å²) in [6, 6.07) is 10.4. The first-order valence-electron chi connectivity index (χ1n) is 6.86. The molecule has 0 amide bonds. The highest BCUT2D eigenvalue weighted by atomic mass is 32.1. The van der Waals surface area contributed by atoms with E-state index in [-0.39, 0.29) is 0 Å². The van der Waals surface area contributed by atoms with Crippen LogP contribution in [-0.4, -0.2) is 5.84 Å². The van der Waals surface area contributed by atoms with E-state index in [0.717, 1.165) is 17.2 Å². The van der Waals surface area contributed by atoms with Crippen molar-refractivity contribution in [3.63, 3.8) is 0 Å². The molecule has 1 aromatic carbocycles. The number of aliphatic imine (C=N–C) groups is 1. The molecule has 0 aliphatic carbocycles. The summed E-state index contributed by atoms with van der Waals surface area (Å²) in [5.74, 6) is 1.39. The largest absolute Gasteiger partial charge is 0.342 e. The van der Waals surface area contributed by atoms with Crippen molar-refractivity contribution in [1.29, 1.82) is 0 Å². The summed E-state index contributed by atoms with van der Waals surface area (Å²) in [6.07, 6.45) is 2.20. The van der Waals surface area contributed by atoms with E-state index in [4.69, 9.17) is 4.99 Å². The van der Waals surface area contributed by atoms with Crippen molar-refractivity contribution in [3.05, 3.63) is 51.7 Å². The first kappa shape index (κ1) is 13.1. The predicted molar refractivity (Wildman–Crippen MR) is 88.4 cm³/mol. The molecule has 0 atom stereocenters. The van der Waals surface area contributed by atoms with E-state index in [2.05, 4.69) is 61.8 Å². The van der Waals surface area contributed by atoms with Crippen LogP contribution in [0.4, 0.5) is 5.69 Å². The standard InChI is InChI=1S/C17H18N2S/c1-11(2)17-18-14-7-5-4-6-13(14)10-15(19-17)16-12(3)8-9-20-16/h4-11H,1-3H3,(H,18,19). The number of hydrogen-bond acceptors (Lipinski definition) is 3. The average molecular weight is 282 g/mol. The second-order valence-electron chi connectivity index (χ2n) is 5.33. The average Bonchev–Trinajstić information content (AvgIpc) is 2.74. The van der Waals surface area contributed by atoms with Gasteiger partial charge < -0.3 is 5.32 Å². The summed E-state index contributed by atoms with van der Waals surface area (Å²) in [4.78, 5) is 6.07. The van der Waals surface area contributed by atoms with Crippen molar-refractivity contribution >= 4 is 34.6 Å². The van der Waals surface area contributed by atoms with Gasteiger partial charge >= 0.3 is 0 Å². The summed E-state index contributed by atoms with van der Waals surface area (Å²) in [5, 5.41) is 5.66. The fourth-order valence-corrected chi connectivity index (χ4v) is 3.14. The van der Waals surface area contributed by atoms with Crippen molar-refractivity contribution in [2.75, 3.05) is 0 Å². The van der Waals surface area contributed by atoms with Gasteiger partial charge in [0.15, 0.2) is 0 Å². The number of hydrogen-bond donors (Lipinski definition) is 1. The van der Waals surface area contributed by atoms with Crippen molar-refractivity contribution in [1.82, 2.24) is 5.32 Å². The number of benzene rings is 1. The SMILES string of the molecule is Cc1ccsc1C1=Cc2ccccc2N=C(C(C)C)N1. The molecule has 3 heteroatoms. The lowest BCUT2D eigenvalue weighted by Crippen LogP contribution is -2.25. The summed E-state index contributed by atoms with van der Waals surface area (Å²) in [7, 11) is 0. The summed E-state index contributed by atoms with van der Waals surface area (Å²) < 4.78 is 0. The summed E-state index contributed by atoms with van der Waals surface area (Å²) in [5.41, 5.74) is 4.65. The molecule has 102 valence electrons. The number of fused-ring (bicyclic) bond motifs is 1. The molecule has 0 fully saturated rings. The van der Waals surface area contributed by atoms with Gasteiger partial charge in [-0.05, 0) is 36.1 Å². The van der Waals surface area contributed by atoms with E-state index < -0.39 is 0 Å². The molecule has 2 heterocycles. The van der Waals surface area contributed by atoms with Gasteiger partial charge in [-0.25, -0.2) is 4.99 Å². The first-order valence-corrected chi connectivity index (χ1v) is 7.74. The Morgan fingerprint density at radius 2 is 1.95 bits per heavy atom. The Labute approximate surface area is 123 Å². The maximum Gasteiger partial charge on any atom is 0.109 e. The number of amidine groups is 1. The van der Waals surface area contributed by atoms with Crippen LogP contribution in [0.15, 0.2) is 40.7 Å². The maximum absolute atomic E-state index is 4.79. The number of thiophene rings is 1. The van der Waals surface area contributed by atoms with Crippen molar-refractivity contribution in [2.24, 2.45) is 10.9 Å². The van der Waals surface area contributed by atoms with Gasteiger partial charge in [0.1, 0.15) is 5.84 Å². The Morgan fingerprint density at radius 3 is 2.65 bits per heavy atom. The monoisotopic (exact) mass is 282 g/mol. The van der Waals surface area contributed by atoms with Crippen LogP contribution in [0.2, 0.25) is 0 Å². The van der Waals surface area contributed by atoms with Gasteiger partial charge in [0.25, 0.3) is 0 Å². The Kier molecular flexibility index (Phi) is 3.45. The molecule has 0 spiro atoms. The van der Waals surface area contributed by atoms with Crippen LogP contribution in [0.3, 0.4) is 0 Å². The molecule has 1 aliphatic heterocycles. The van der Waals surface area contributed by atoms with Crippen LogP contribution in [0.5, 0.6) is 0 Å². The highest BCUT2D eigenvalue weighted by Gasteiger charge is 2.16. The van der Waals surface area contributed by atoms with Crippen LogP contribution < -0.4 is 5.32 Å².